The average Bonchev–Trinajstić information content (AvgIpc) is 2.75. The van der Waals surface area contributed by atoms with E-state index < -0.39 is 72.7 Å². The molecule has 0 aliphatic carbocycles. The lowest BCUT2D eigenvalue weighted by Crippen LogP contribution is -2.58. The summed E-state index contributed by atoms with van der Waals surface area (Å²) in [6.07, 6.45) is -0.898. The Balaban J connectivity index is 5.40. The molecule has 0 fully saturated rings. The summed E-state index contributed by atoms with van der Waals surface area (Å²) >= 11 is 0. The molecule has 35 heavy (non-hydrogen) atoms. The smallest absolute Gasteiger partial charge is 0.328 e. The summed E-state index contributed by atoms with van der Waals surface area (Å²) in [5, 5.41) is 24.5. The second-order valence-corrected chi connectivity index (χ2v) is 7.44. The summed E-state index contributed by atoms with van der Waals surface area (Å²) in [6, 6.07) is -5.82. The fourth-order valence-electron chi connectivity index (χ4n) is 2.63. The number of hydrogen-bond acceptors (Lipinski definition) is 9. The molecule has 0 radical (unpaired) electrons. The van der Waals surface area contributed by atoms with Crippen LogP contribution in [0, 0.1) is 0 Å². The zero-order valence-corrected chi connectivity index (χ0v) is 18.9. The maximum absolute atomic E-state index is 12.7. The van der Waals surface area contributed by atoms with E-state index in [1.807, 2.05) is 5.32 Å². The number of carboxylic acids is 1. The first-order valence-corrected chi connectivity index (χ1v) is 10.4. The Labute approximate surface area is 200 Å². The predicted octanol–water partition coefficient (Wildman–Crippen LogP) is -5.96. The Kier molecular flexibility index (Phi) is 14.0. The number of hydrogen-bond donors (Lipinski definition) is 10. The van der Waals surface area contributed by atoms with Crippen molar-refractivity contribution in [2.45, 2.75) is 56.3 Å². The zero-order valence-electron chi connectivity index (χ0n) is 18.9. The fraction of sp³-hybridized carbons (Fsp3) is 0.611. The molecule has 0 aromatic rings. The van der Waals surface area contributed by atoms with Crippen molar-refractivity contribution >= 4 is 41.5 Å². The lowest BCUT2D eigenvalue weighted by molar-refractivity contribution is -0.143. The van der Waals surface area contributed by atoms with E-state index >= 15 is 0 Å². The molecule has 0 bridgehead atoms. The first-order chi connectivity index (χ1) is 16.3. The van der Waals surface area contributed by atoms with Crippen molar-refractivity contribution < 1.29 is 39.0 Å². The summed E-state index contributed by atoms with van der Waals surface area (Å²) in [7, 11) is 0. The molecular weight excluding hydrogens is 470 g/mol. The summed E-state index contributed by atoms with van der Waals surface area (Å²) in [5.74, 6) is -6.36. The molecular formula is C18H33N9O8. The molecule has 0 saturated carbocycles. The molecule has 17 heteroatoms. The van der Waals surface area contributed by atoms with Crippen LogP contribution in [0.2, 0.25) is 0 Å². The monoisotopic (exact) mass is 503 g/mol. The van der Waals surface area contributed by atoms with Gasteiger partial charge in [0.25, 0.3) is 0 Å². The number of nitrogens with two attached hydrogens (primary N) is 5. The first kappa shape index (κ1) is 31.0. The summed E-state index contributed by atoms with van der Waals surface area (Å²) in [6.45, 7) is -0.741. The van der Waals surface area contributed by atoms with Gasteiger partial charge in [-0.1, -0.05) is 0 Å². The third-order valence-corrected chi connectivity index (χ3v) is 4.45. The Morgan fingerprint density at radius 2 is 1.31 bits per heavy atom. The molecule has 0 spiro atoms. The number of rotatable bonds is 17. The largest absolute Gasteiger partial charge is 0.480 e. The van der Waals surface area contributed by atoms with E-state index in [-0.39, 0.29) is 31.8 Å². The Hall–Kier alpha value is -3.99. The van der Waals surface area contributed by atoms with Gasteiger partial charge in [-0.2, -0.15) is 0 Å². The minimum absolute atomic E-state index is 0.134. The fourth-order valence-corrected chi connectivity index (χ4v) is 2.63. The molecule has 0 saturated heterocycles. The van der Waals surface area contributed by atoms with Crippen LogP contribution in [-0.4, -0.2) is 89.0 Å². The maximum Gasteiger partial charge on any atom is 0.328 e. The second kappa shape index (κ2) is 15.8. The standard InChI is InChI=1S/C18H33N9O8/c19-8(2-1-5-24-18(22)23)14(31)26-10(6-13(21)30)16(33)25-9(3-4-12(20)29)15(32)27-11(7-28)17(34)35/h8-11,28H,1-7,19H2,(H2,20,29)(H2,21,30)(H,25,33)(H,26,31)(H,27,32)(H,34,35)(H4,22,23,24). The van der Waals surface area contributed by atoms with Gasteiger partial charge >= 0.3 is 5.97 Å². The van der Waals surface area contributed by atoms with Crippen molar-refractivity contribution in [1.82, 2.24) is 16.0 Å². The Morgan fingerprint density at radius 3 is 1.80 bits per heavy atom. The molecule has 0 aliphatic rings. The number of carbonyl (C=O) groups excluding carboxylic acids is 5. The third-order valence-electron chi connectivity index (χ3n) is 4.45. The van der Waals surface area contributed by atoms with Crippen LogP contribution in [0.4, 0.5) is 0 Å². The van der Waals surface area contributed by atoms with E-state index in [1.165, 1.54) is 0 Å². The predicted molar refractivity (Wildman–Crippen MR) is 121 cm³/mol. The van der Waals surface area contributed by atoms with Crippen LogP contribution < -0.4 is 44.6 Å². The van der Waals surface area contributed by atoms with Crippen LogP contribution in [-0.2, 0) is 28.8 Å². The number of guanidine groups is 1. The molecule has 5 amide bonds. The van der Waals surface area contributed by atoms with Gasteiger partial charge in [-0.05, 0) is 19.3 Å². The van der Waals surface area contributed by atoms with Crippen LogP contribution in [0.3, 0.4) is 0 Å². The number of aliphatic carboxylic acids is 1. The van der Waals surface area contributed by atoms with Crippen LogP contribution in [0.15, 0.2) is 4.99 Å². The third kappa shape index (κ3) is 13.3. The molecule has 0 aliphatic heterocycles. The Morgan fingerprint density at radius 1 is 0.771 bits per heavy atom. The highest BCUT2D eigenvalue weighted by Gasteiger charge is 2.31. The average molecular weight is 504 g/mol. The van der Waals surface area contributed by atoms with Crippen LogP contribution in [0.1, 0.15) is 32.1 Å². The van der Waals surface area contributed by atoms with Crippen molar-refractivity contribution in [3.63, 3.8) is 0 Å². The molecule has 17 nitrogen and oxygen atoms in total. The molecule has 15 N–H and O–H groups in total. The van der Waals surface area contributed by atoms with Crippen molar-refractivity contribution in [2.24, 2.45) is 33.7 Å². The van der Waals surface area contributed by atoms with Gasteiger partial charge in [-0.25, -0.2) is 4.79 Å². The SMILES string of the molecule is NC(=O)CCC(NC(=O)C(CC(N)=O)NC(=O)C(N)CCCN=C(N)N)C(=O)NC(CO)C(=O)O. The number of amides is 5. The lowest BCUT2D eigenvalue weighted by atomic mass is 10.1. The number of aliphatic hydroxyl groups excluding tert-OH is 1. The van der Waals surface area contributed by atoms with Crippen LogP contribution in [0.25, 0.3) is 0 Å². The Bertz CT molecular complexity index is 816. The number of carboxylic acid groups (broad SMARTS) is 1. The summed E-state index contributed by atoms with van der Waals surface area (Å²) in [4.78, 5) is 74.9. The molecule has 0 rings (SSSR count). The van der Waals surface area contributed by atoms with Crippen LogP contribution >= 0.6 is 0 Å². The molecule has 0 aromatic carbocycles. The highest BCUT2D eigenvalue weighted by molar-refractivity contribution is 5.96. The molecule has 0 heterocycles. The summed E-state index contributed by atoms with van der Waals surface area (Å²) in [5.41, 5.74) is 26.4. The van der Waals surface area contributed by atoms with E-state index in [4.69, 9.17) is 38.9 Å². The van der Waals surface area contributed by atoms with E-state index in [0.29, 0.717) is 6.42 Å². The van der Waals surface area contributed by atoms with Gasteiger partial charge in [-0.3, -0.25) is 29.0 Å². The minimum Gasteiger partial charge on any atom is -0.480 e. The quantitative estimate of drug-likeness (QED) is 0.0505. The van der Waals surface area contributed by atoms with E-state index in [0.717, 1.165) is 0 Å². The normalized spacial score (nSPS) is 13.9. The zero-order chi connectivity index (χ0) is 27.1. The van der Waals surface area contributed by atoms with Gasteiger partial charge in [0.1, 0.15) is 18.1 Å². The number of aliphatic imine (C=N–C) groups is 1. The molecule has 0 aromatic heterocycles. The van der Waals surface area contributed by atoms with E-state index in [1.54, 1.807) is 0 Å². The molecule has 4 unspecified atom stereocenters. The molecule has 4 atom stereocenters. The lowest BCUT2D eigenvalue weighted by Gasteiger charge is -2.24. The minimum atomic E-state index is -1.69. The second-order valence-electron chi connectivity index (χ2n) is 7.44. The van der Waals surface area contributed by atoms with Crippen molar-refractivity contribution in [1.29, 1.82) is 0 Å². The maximum atomic E-state index is 12.7. The van der Waals surface area contributed by atoms with Gasteiger partial charge < -0.3 is 54.8 Å². The summed E-state index contributed by atoms with van der Waals surface area (Å²) < 4.78 is 0. The van der Waals surface area contributed by atoms with E-state index in [2.05, 4.69) is 15.6 Å². The highest BCUT2D eigenvalue weighted by Crippen LogP contribution is 2.03. The number of aliphatic hydroxyl groups is 1. The van der Waals surface area contributed by atoms with Crippen LogP contribution in [0.5, 0.6) is 0 Å². The van der Waals surface area contributed by atoms with Gasteiger partial charge in [0, 0.05) is 13.0 Å². The topological polar surface area (TPSA) is 321 Å². The van der Waals surface area contributed by atoms with Gasteiger partial charge in [-0.15, -0.1) is 0 Å². The van der Waals surface area contributed by atoms with Crippen molar-refractivity contribution in [2.75, 3.05) is 13.2 Å². The number of carbonyl (C=O) groups is 6. The van der Waals surface area contributed by atoms with Gasteiger partial charge in [0.2, 0.25) is 29.5 Å². The molecule has 198 valence electrons. The number of primary amides is 2. The highest BCUT2D eigenvalue weighted by atomic mass is 16.4. The first-order valence-electron chi connectivity index (χ1n) is 10.4. The van der Waals surface area contributed by atoms with Gasteiger partial charge in [0.15, 0.2) is 5.96 Å². The number of nitrogens with one attached hydrogen (secondary N) is 3. The van der Waals surface area contributed by atoms with E-state index in [9.17, 15) is 28.8 Å². The number of nitrogens with zero attached hydrogens (tertiary/aromatic N) is 1. The van der Waals surface area contributed by atoms with Gasteiger partial charge in [0.05, 0.1) is 19.1 Å². The van der Waals surface area contributed by atoms with Crippen molar-refractivity contribution in [3.05, 3.63) is 0 Å². The van der Waals surface area contributed by atoms with Crippen molar-refractivity contribution in [3.8, 4) is 0 Å².